The van der Waals surface area contributed by atoms with Crippen LogP contribution < -0.4 is 10.6 Å². The Morgan fingerprint density at radius 1 is 1.16 bits per heavy atom. The summed E-state index contributed by atoms with van der Waals surface area (Å²) in [5, 5.41) is 16.3. The molecule has 25 heavy (non-hydrogen) atoms. The molecule has 1 saturated heterocycles. The number of likely N-dealkylation sites (tertiary alicyclic amines) is 1. The number of guanidine groups is 1. The van der Waals surface area contributed by atoms with E-state index >= 15 is 0 Å². The van der Waals surface area contributed by atoms with Crippen molar-refractivity contribution in [1.29, 1.82) is 0 Å². The number of hydrogen-bond donors (Lipinski definition) is 3. The number of piperidine rings is 1. The van der Waals surface area contributed by atoms with Crippen molar-refractivity contribution < 1.29 is 5.11 Å². The predicted octanol–water partition coefficient (Wildman–Crippen LogP) is 2.72. The van der Waals surface area contributed by atoms with Crippen LogP contribution in [0.15, 0.2) is 29.3 Å². The lowest BCUT2D eigenvalue weighted by Gasteiger charge is -2.29. The maximum atomic E-state index is 9.58. The Labute approximate surface area is 169 Å². The lowest BCUT2D eigenvalue weighted by atomic mass is 10.1. The van der Waals surface area contributed by atoms with Crippen LogP contribution in [0.1, 0.15) is 44.7 Å². The highest BCUT2D eigenvalue weighted by Crippen LogP contribution is 2.14. The van der Waals surface area contributed by atoms with Crippen molar-refractivity contribution in [3.8, 4) is 0 Å². The standard InChI is InChI=1S/C19H32N4O.HI/c1-19(2,3)22-18(20-4)21-13-15-5-7-16(8-6-15)14-23-11-9-17(24)10-12-23;/h5-8,17,24H,9-14H2,1-4H3,(H2,20,21,22);1H. The van der Waals surface area contributed by atoms with E-state index in [1.54, 1.807) is 7.05 Å². The molecule has 2 rings (SSSR count). The Morgan fingerprint density at radius 2 is 1.72 bits per heavy atom. The van der Waals surface area contributed by atoms with Gasteiger partial charge in [0.2, 0.25) is 0 Å². The van der Waals surface area contributed by atoms with Gasteiger partial charge >= 0.3 is 0 Å². The minimum Gasteiger partial charge on any atom is -0.393 e. The first-order chi connectivity index (χ1) is 11.4. The molecule has 142 valence electrons. The highest BCUT2D eigenvalue weighted by molar-refractivity contribution is 14.0. The van der Waals surface area contributed by atoms with Gasteiger partial charge in [0.1, 0.15) is 0 Å². The van der Waals surface area contributed by atoms with Crippen molar-refractivity contribution in [3.63, 3.8) is 0 Å². The minimum atomic E-state index is -0.106. The van der Waals surface area contributed by atoms with E-state index in [2.05, 4.69) is 65.6 Å². The van der Waals surface area contributed by atoms with Gasteiger partial charge in [-0.2, -0.15) is 0 Å². The van der Waals surface area contributed by atoms with Crippen LogP contribution in [0.3, 0.4) is 0 Å². The molecule has 1 aliphatic heterocycles. The number of aliphatic imine (C=N–C) groups is 1. The van der Waals surface area contributed by atoms with Gasteiger partial charge in [0.25, 0.3) is 0 Å². The molecule has 0 amide bonds. The first kappa shape index (κ1) is 22.2. The Balaban J connectivity index is 0.00000312. The summed E-state index contributed by atoms with van der Waals surface area (Å²) in [4.78, 5) is 6.67. The molecule has 1 aliphatic rings. The van der Waals surface area contributed by atoms with Crippen molar-refractivity contribution >= 4 is 29.9 Å². The lowest BCUT2D eigenvalue weighted by molar-refractivity contribution is 0.0792. The number of hydrogen-bond acceptors (Lipinski definition) is 3. The zero-order chi connectivity index (χ0) is 17.6. The van der Waals surface area contributed by atoms with Crippen LogP contribution in [0.5, 0.6) is 0 Å². The van der Waals surface area contributed by atoms with Crippen LogP contribution in [-0.2, 0) is 13.1 Å². The summed E-state index contributed by atoms with van der Waals surface area (Å²) in [6.07, 6.45) is 1.68. The number of nitrogens with zero attached hydrogens (tertiary/aromatic N) is 2. The Morgan fingerprint density at radius 3 is 2.24 bits per heavy atom. The van der Waals surface area contributed by atoms with Gasteiger partial charge in [-0.25, -0.2) is 0 Å². The monoisotopic (exact) mass is 460 g/mol. The SMILES string of the molecule is CN=C(NCc1ccc(CN2CCC(O)CC2)cc1)NC(C)(C)C.I. The number of benzene rings is 1. The summed E-state index contributed by atoms with van der Waals surface area (Å²) in [5.41, 5.74) is 2.56. The third kappa shape index (κ3) is 8.37. The summed E-state index contributed by atoms with van der Waals surface area (Å²) in [6.45, 7) is 10.1. The number of aliphatic hydroxyl groups is 1. The van der Waals surface area contributed by atoms with Crippen LogP contribution in [0, 0.1) is 0 Å². The summed E-state index contributed by atoms with van der Waals surface area (Å²) in [5.74, 6) is 0.818. The van der Waals surface area contributed by atoms with E-state index in [1.165, 1.54) is 11.1 Å². The maximum absolute atomic E-state index is 9.58. The molecular formula is C19H33IN4O. The van der Waals surface area contributed by atoms with Gasteiger partial charge in [-0.15, -0.1) is 24.0 Å². The average Bonchev–Trinajstić information content (AvgIpc) is 2.54. The topological polar surface area (TPSA) is 59.9 Å². The second-order valence-electron chi connectivity index (χ2n) is 7.62. The van der Waals surface area contributed by atoms with Gasteiger partial charge in [-0.3, -0.25) is 9.89 Å². The molecule has 0 bridgehead atoms. The predicted molar refractivity (Wildman–Crippen MR) is 115 cm³/mol. The van der Waals surface area contributed by atoms with Crippen LogP contribution in [0.4, 0.5) is 0 Å². The van der Waals surface area contributed by atoms with Crippen molar-refractivity contribution in [2.75, 3.05) is 20.1 Å². The van der Waals surface area contributed by atoms with Crippen molar-refractivity contribution in [1.82, 2.24) is 15.5 Å². The molecule has 0 saturated carbocycles. The lowest BCUT2D eigenvalue weighted by Crippen LogP contribution is -2.47. The van der Waals surface area contributed by atoms with Gasteiger partial charge in [0, 0.05) is 38.8 Å². The largest absolute Gasteiger partial charge is 0.393 e. The molecule has 1 aromatic rings. The van der Waals surface area contributed by atoms with Crippen LogP contribution in [-0.4, -0.2) is 47.7 Å². The molecular weight excluding hydrogens is 427 g/mol. The fraction of sp³-hybridized carbons (Fsp3) is 0.632. The van der Waals surface area contributed by atoms with E-state index in [9.17, 15) is 5.11 Å². The van der Waals surface area contributed by atoms with Gasteiger partial charge < -0.3 is 15.7 Å². The van der Waals surface area contributed by atoms with Crippen molar-refractivity contribution in [2.24, 2.45) is 4.99 Å². The number of nitrogens with one attached hydrogen (secondary N) is 2. The number of halogens is 1. The van der Waals surface area contributed by atoms with Crippen LogP contribution >= 0.6 is 24.0 Å². The molecule has 0 atom stereocenters. The average molecular weight is 460 g/mol. The van der Waals surface area contributed by atoms with Gasteiger partial charge in [-0.05, 0) is 44.7 Å². The smallest absolute Gasteiger partial charge is 0.191 e. The molecule has 0 aromatic heterocycles. The van der Waals surface area contributed by atoms with Gasteiger partial charge in [-0.1, -0.05) is 24.3 Å². The van der Waals surface area contributed by atoms with E-state index in [4.69, 9.17) is 0 Å². The van der Waals surface area contributed by atoms with Crippen molar-refractivity contribution in [3.05, 3.63) is 35.4 Å². The van der Waals surface area contributed by atoms with E-state index in [1.807, 2.05) is 0 Å². The summed E-state index contributed by atoms with van der Waals surface area (Å²) in [7, 11) is 1.79. The fourth-order valence-corrected chi connectivity index (χ4v) is 2.82. The number of aliphatic hydroxyl groups excluding tert-OH is 1. The molecule has 0 radical (unpaired) electrons. The zero-order valence-corrected chi connectivity index (χ0v) is 18.2. The second kappa shape index (κ2) is 10.3. The molecule has 1 fully saturated rings. The minimum absolute atomic E-state index is 0. The first-order valence-corrected chi connectivity index (χ1v) is 8.83. The quantitative estimate of drug-likeness (QED) is 0.368. The van der Waals surface area contributed by atoms with Crippen molar-refractivity contribution in [2.45, 2.75) is 58.3 Å². The third-order valence-corrected chi connectivity index (χ3v) is 4.16. The fourth-order valence-electron chi connectivity index (χ4n) is 2.82. The second-order valence-corrected chi connectivity index (χ2v) is 7.62. The van der Waals surface area contributed by atoms with Crippen LogP contribution in [0.25, 0.3) is 0 Å². The van der Waals surface area contributed by atoms with Gasteiger partial charge in [0.15, 0.2) is 5.96 Å². The van der Waals surface area contributed by atoms with Crippen LogP contribution in [0.2, 0.25) is 0 Å². The molecule has 5 nitrogen and oxygen atoms in total. The molecule has 0 spiro atoms. The third-order valence-electron chi connectivity index (χ3n) is 4.16. The zero-order valence-electron chi connectivity index (χ0n) is 15.9. The molecule has 0 aliphatic carbocycles. The summed E-state index contributed by atoms with van der Waals surface area (Å²) in [6, 6.07) is 8.74. The highest BCUT2D eigenvalue weighted by atomic mass is 127. The Kier molecular flexibility index (Phi) is 9.16. The Hall–Kier alpha value is -0.860. The molecule has 1 heterocycles. The Bertz CT molecular complexity index is 531. The maximum Gasteiger partial charge on any atom is 0.191 e. The molecule has 6 heteroatoms. The van der Waals surface area contributed by atoms with E-state index in [-0.39, 0.29) is 35.6 Å². The molecule has 0 unspecified atom stereocenters. The normalized spacial score (nSPS) is 17.1. The van der Waals surface area contributed by atoms with E-state index in [0.717, 1.165) is 45.0 Å². The van der Waals surface area contributed by atoms with E-state index in [0.29, 0.717) is 0 Å². The molecule has 3 N–H and O–H groups in total. The summed E-state index contributed by atoms with van der Waals surface area (Å²) >= 11 is 0. The van der Waals surface area contributed by atoms with E-state index < -0.39 is 0 Å². The summed E-state index contributed by atoms with van der Waals surface area (Å²) < 4.78 is 0. The molecule has 1 aromatic carbocycles. The number of rotatable bonds is 4. The highest BCUT2D eigenvalue weighted by Gasteiger charge is 2.16. The van der Waals surface area contributed by atoms with Gasteiger partial charge in [0.05, 0.1) is 6.10 Å². The first-order valence-electron chi connectivity index (χ1n) is 8.83.